The van der Waals surface area contributed by atoms with Crippen molar-refractivity contribution in [3.63, 3.8) is 0 Å². The fourth-order valence-corrected chi connectivity index (χ4v) is 11.9. The normalized spacial score (nSPS) is 51.7. The Balaban J connectivity index is 1.20. The zero-order valence-corrected chi connectivity index (χ0v) is 26.7. The summed E-state index contributed by atoms with van der Waals surface area (Å²) in [5.74, 6) is 3.50. The number of rotatable bonds is 2. The van der Waals surface area contributed by atoms with Crippen molar-refractivity contribution >= 4 is 12.1 Å². The van der Waals surface area contributed by atoms with Gasteiger partial charge in [0.2, 0.25) is 0 Å². The van der Waals surface area contributed by atoms with Crippen LogP contribution in [0.5, 0.6) is 0 Å². The Hall–Kier alpha value is -1.38. The predicted octanol–water partition coefficient (Wildman–Crippen LogP) is 4.96. The van der Waals surface area contributed by atoms with Crippen molar-refractivity contribution in [3.8, 4) is 0 Å². The summed E-state index contributed by atoms with van der Waals surface area (Å²) in [4.78, 5) is 27.4. The lowest BCUT2D eigenvalue weighted by atomic mass is 9.43. The molecule has 42 heavy (non-hydrogen) atoms. The second-order valence-electron chi connectivity index (χ2n) is 16.0. The number of carbonyl (C=O) groups excluding carboxylic acids is 2. The lowest BCUT2D eigenvalue weighted by Gasteiger charge is -2.63. The maximum absolute atomic E-state index is 13.8. The molecule has 1 spiro atoms. The first-order valence-corrected chi connectivity index (χ1v) is 17.3. The summed E-state index contributed by atoms with van der Waals surface area (Å²) in [6, 6.07) is 0. The number of amides is 1. The molecular formula is C34H55N3O5. The molecule has 4 saturated carbocycles. The first-order chi connectivity index (χ1) is 20.0. The van der Waals surface area contributed by atoms with Crippen LogP contribution in [-0.2, 0) is 19.0 Å². The van der Waals surface area contributed by atoms with E-state index in [1.54, 1.807) is 0 Å². The number of hydrogen-bond acceptors (Lipinski definition) is 7. The van der Waals surface area contributed by atoms with E-state index in [0.717, 1.165) is 58.2 Å². The number of piperidine rings is 1. The Morgan fingerprint density at radius 3 is 2.43 bits per heavy atom. The minimum atomic E-state index is -0.238. The maximum Gasteiger partial charge on any atom is 0.410 e. The third-order valence-electron chi connectivity index (χ3n) is 14.1. The molecule has 0 radical (unpaired) electrons. The maximum atomic E-state index is 13.8. The van der Waals surface area contributed by atoms with Gasteiger partial charge in [-0.05, 0) is 92.8 Å². The lowest BCUT2D eigenvalue weighted by Crippen LogP contribution is -2.62. The minimum Gasteiger partial charge on any atom is -0.463 e. The van der Waals surface area contributed by atoms with Gasteiger partial charge in [-0.2, -0.15) is 0 Å². The van der Waals surface area contributed by atoms with E-state index in [1.807, 2.05) is 4.90 Å². The second kappa shape index (κ2) is 10.6. The number of nitrogens with zero attached hydrogens (tertiary/aromatic N) is 1. The van der Waals surface area contributed by atoms with Crippen LogP contribution >= 0.6 is 0 Å². The molecular weight excluding hydrogens is 530 g/mol. The van der Waals surface area contributed by atoms with Gasteiger partial charge in [-0.25, -0.2) is 4.79 Å². The van der Waals surface area contributed by atoms with E-state index in [9.17, 15) is 9.59 Å². The van der Waals surface area contributed by atoms with Crippen LogP contribution in [0.25, 0.3) is 0 Å². The van der Waals surface area contributed by atoms with Crippen molar-refractivity contribution in [2.24, 2.45) is 52.3 Å². The monoisotopic (exact) mass is 585 g/mol. The summed E-state index contributed by atoms with van der Waals surface area (Å²) in [7, 11) is 0. The number of piperazine rings is 1. The summed E-state index contributed by atoms with van der Waals surface area (Å²) in [6.45, 7) is 15.4. The number of esters is 1. The summed E-state index contributed by atoms with van der Waals surface area (Å²) in [5, 5.41) is 7.25. The average Bonchev–Trinajstić information content (AvgIpc) is 3.41. The van der Waals surface area contributed by atoms with Gasteiger partial charge in [0.1, 0.15) is 17.9 Å². The predicted molar refractivity (Wildman–Crippen MR) is 159 cm³/mol. The van der Waals surface area contributed by atoms with Gasteiger partial charge in [0.05, 0.1) is 6.10 Å². The van der Waals surface area contributed by atoms with Crippen molar-refractivity contribution in [3.05, 3.63) is 0 Å². The van der Waals surface area contributed by atoms with Crippen LogP contribution in [-0.4, -0.2) is 73.7 Å². The molecule has 3 heterocycles. The molecule has 0 aromatic rings. The molecule has 7 rings (SSSR count). The number of fused-ring (bicyclic) bond motifs is 7. The summed E-state index contributed by atoms with van der Waals surface area (Å²) in [6.07, 6.45) is 9.81. The van der Waals surface area contributed by atoms with Crippen LogP contribution in [0.3, 0.4) is 0 Å². The summed E-state index contributed by atoms with van der Waals surface area (Å²) in [5.41, 5.74) is -0.146. The number of hydrogen-bond donors (Lipinski definition) is 2. The van der Waals surface area contributed by atoms with Crippen LogP contribution in [0, 0.1) is 52.3 Å². The van der Waals surface area contributed by atoms with E-state index in [0.29, 0.717) is 54.5 Å². The first-order valence-electron chi connectivity index (χ1n) is 17.3. The van der Waals surface area contributed by atoms with Crippen molar-refractivity contribution in [1.29, 1.82) is 0 Å². The molecule has 7 fully saturated rings. The molecule has 0 bridgehead atoms. The lowest BCUT2D eigenvalue weighted by molar-refractivity contribution is -0.185. The highest BCUT2D eigenvalue weighted by atomic mass is 16.6. The molecule has 7 aliphatic rings. The van der Waals surface area contributed by atoms with Crippen LogP contribution in [0.4, 0.5) is 4.79 Å². The first kappa shape index (κ1) is 29.3. The van der Waals surface area contributed by atoms with Crippen LogP contribution < -0.4 is 10.6 Å². The van der Waals surface area contributed by atoms with E-state index in [1.165, 1.54) is 26.2 Å². The zero-order valence-electron chi connectivity index (χ0n) is 26.7. The van der Waals surface area contributed by atoms with Gasteiger partial charge >= 0.3 is 12.1 Å². The highest BCUT2D eigenvalue weighted by molar-refractivity contribution is 5.68. The molecule has 3 saturated heterocycles. The van der Waals surface area contributed by atoms with Crippen LogP contribution in [0.2, 0.25) is 0 Å². The molecule has 0 aromatic heterocycles. The fourth-order valence-electron chi connectivity index (χ4n) is 11.9. The van der Waals surface area contributed by atoms with E-state index < -0.39 is 0 Å². The van der Waals surface area contributed by atoms with Gasteiger partial charge in [-0.3, -0.25) is 10.1 Å². The van der Waals surface area contributed by atoms with Gasteiger partial charge < -0.3 is 24.4 Å². The summed E-state index contributed by atoms with van der Waals surface area (Å²) < 4.78 is 19.6. The Morgan fingerprint density at radius 2 is 1.71 bits per heavy atom. The number of nitrogens with one attached hydrogen (secondary N) is 2. The van der Waals surface area contributed by atoms with Gasteiger partial charge in [0.25, 0.3) is 0 Å². The Bertz CT molecular complexity index is 1060. The Morgan fingerprint density at radius 1 is 0.929 bits per heavy atom. The molecule has 3 aliphatic heterocycles. The largest absolute Gasteiger partial charge is 0.463 e. The zero-order chi connectivity index (χ0) is 29.4. The highest BCUT2D eigenvalue weighted by Gasteiger charge is 2.72. The van der Waals surface area contributed by atoms with E-state index >= 15 is 0 Å². The Labute approximate surface area is 252 Å². The van der Waals surface area contributed by atoms with E-state index in [4.69, 9.17) is 14.2 Å². The third kappa shape index (κ3) is 4.47. The van der Waals surface area contributed by atoms with Gasteiger partial charge in [0.15, 0.2) is 0 Å². The molecule has 5 unspecified atom stereocenters. The number of ether oxygens (including phenoxy) is 3. The molecule has 8 heteroatoms. The van der Waals surface area contributed by atoms with Gasteiger partial charge in [0, 0.05) is 56.9 Å². The summed E-state index contributed by atoms with van der Waals surface area (Å²) >= 11 is 0. The second-order valence-corrected chi connectivity index (χ2v) is 16.0. The minimum absolute atomic E-state index is 0.0503. The van der Waals surface area contributed by atoms with E-state index in [2.05, 4.69) is 38.3 Å². The smallest absolute Gasteiger partial charge is 0.410 e. The molecule has 2 N–H and O–H groups in total. The molecule has 8 nitrogen and oxygen atoms in total. The number of carbonyl (C=O) groups is 2. The molecule has 1 amide bonds. The SMILES string of the molecule is CC(=O)O[C@H]1CC[C@]2(C)C3C[C@@H](OC(=O)N4CCNCC4)[C@@]4(C)C(C[C@@H]5O[C@]6(CCC(C)CN6)[C@@H](C)C54)C3CC[C@H]2C1. The fraction of sp³-hybridized carbons (Fsp3) is 0.941. The molecule has 4 aliphatic carbocycles. The topological polar surface area (TPSA) is 89.1 Å². The van der Waals surface area contributed by atoms with Crippen molar-refractivity contribution in [2.75, 3.05) is 32.7 Å². The third-order valence-corrected chi connectivity index (χ3v) is 14.1. The quantitative estimate of drug-likeness (QED) is 0.443. The van der Waals surface area contributed by atoms with E-state index in [-0.39, 0.29) is 46.9 Å². The van der Waals surface area contributed by atoms with Gasteiger partial charge in [-0.1, -0.05) is 27.7 Å². The van der Waals surface area contributed by atoms with Crippen molar-refractivity contribution < 1.29 is 23.8 Å². The van der Waals surface area contributed by atoms with Crippen LogP contribution in [0.15, 0.2) is 0 Å². The molecule has 0 aromatic carbocycles. The highest BCUT2D eigenvalue weighted by Crippen LogP contribution is 2.71. The van der Waals surface area contributed by atoms with Crippen LogP contribution in [0.1, 0.15) is 92.4 Å². The van der Waals surface area contributed by atoms with Crippen molar-refractivity contribution in [2.45, 2.75) is 116 Å². The average molecular weight is 586 g/mol. The van der Waals surface area contributed by atoms with Gasteiger partial charge in [-0.15, -0.1) is 0 Å². The Kier molecular flexibility index (Phi) is 7.41. The van der Waals surface area contributed by atoms with Crippen molar-refractivity contribution in [1.82, 2.24) is 15.5 Å². The molecule has 13 atom stereocenters. The molecule has 236 valence electrons. The standard InChI is InChI=1S/C34H55N3O5/c1-20-8-11-34(36-19-20)21(2)30-28(42-34)17-27-25-7-6-23-16-24(40-22(3)38)9-10-32(23,4)26(25)18-29(33(27,30)5)41-31(39)37-14-12-35-13-15-37/h20-21,23-30,35-36H,6-19H2,1-5H3/t20?,21-,23-,24-,25?,26?,27?,28-,29+,30?,32-,33+,34+/m0/s1.